The second kappa shape index (κ2) is 9.28. The quantitative estimate of drug-likeness (QED) is 0.613. The second-order valence-corrected chi connectivity index (χ2v) is 8.89. The smallest absolute Gasteiger partial charge is 0.269 e. The largest absolute Gasteiger partial charge is 0.493 e. The number of nitrogens with zero attached hydrogens (tertiary/aromatic N) is 2. The SMILES string of the molecule is COc1cc(C(=O)NNC(=O)CN2C(=O)c3ccccc3N3C(=O)CCC23C)ccc1OC(C)C. The average molecular weight is 481 g/mol. The summed E-state index contributed by atoms with van der Waals surface area (Å²) in [5.41, 5.74) is 4.90. The molecule has 2 aliphatic rings. The summed E-state index contributed by atoms with van der Waals surface area (Å²) in [7, 11) is 1.47. The highest BCUT2D eigenvalue weighted by atomic mass is 16.5. The first-order valence-electron chi connectivity index (χ1n) is 11.3. The summed E-state index contributed by atoms with van der Waals surface area (Å²) in [5, 5.41) is 0. The number of carbonyl (C=O) groups excluding carboxylic acids is 4. The zero-order valence-corrected chi connectivity index (χ0v) is 20.1. The fourth-order valence-corrected chi connectivity index (χ4v) is 4.48. The van der Waals surface area contributed by atoms with Crippen LogP contribution in [0, 0.1) is 0 Å². The third-order valence-corrected chi connectivity index (χ3v) is 6.15. The number of hydrazine groups is 1. The van der Waals surface area contributed by atoms with E-state index in [4.69, 9.17) is 9.47 Å². The van der Waals surface area contributed by atoms with E-state index in [1.807, 2.05) is 13.8 Å². The van der Waals surface area contributed by atoms with Crippen molar-refractivity contribution in [2.75, 3.05) is 18.6 Å². The van der Waals surface area contributed by atoms with Gasteiger partial charge in [0.2, 0.25) is 5.91 Å². The highest BCUT2D eigenvalue weighted by Crippen LogP contribution is 2.43. The van der Waals surface area contributed by atoms with Crippen molar-refractivity contribution in [2.24, 2.45) is 0 Å². The van der Waals surface area contributed by atoms with Crippen molar-refractivity contribution in [2.45, 2.75) is 45.4 Å². The Morgan fingerprint density at radius 2 is 1.83 bits per heavy atom. The van der Waals surface area contributed by atoms with E-state index >= 15 is 0 Å². The molecule has 0 radical (unpaired) electrons. The molecular formula is C25H28N4O6. The maximum atomic E-state index is 13.2. The van der Waals surface area contributed by atoms with Crippen LogP contribution in [-0.4, -0.2) is 54.0 Å². The normalized spacial score (nSPS) is 18.8. The lowest BCUT2D eigenvalue weighted by Gasteiger charge is -2.48. The van der Waals surface area contributed by atoms with Crippen LogP contribution in [0.5, 0.6) is 11.5 Å². The number of methoxy groups -OCH3 is 1. The third kappa shape index (κ3) is 4.39. The molecule has 184 valence electrons. The van der Waals surface area contributed by atoms with Crippen LogP contribution in [-0.2, 0) is 9.59 Å². The number of carbonyl (C=O) groups is 4. The molecule has 2 N–H and O–H groups in total. The molecule has 0 aromatic heterocycles. The molecular weight excluding hydrogens is 452 g/mol. The summed E-state index contributed by atoms with van der Waals surface area (Å²) in [5.74, 6) is -0.735. The molecule has 35 heavy (non-hydrogen) atoms. The van der Waals surface area contributed by atoms with E-state index < -0.39 is 17.5 Å². The van der Waals surface area contributed by atoms with Gasteiger partial charge in [-0.1, -0.05) is 12.1 Å². The number of ether oxygens (including phenoxy) is 2. The monoisotopic (exact) mass is 480 g/mol. The first-order chi connectivity index (χ1) is 16.7. The van der Waals surface area contributed by atoms with Crippen molar-refractivity contribution in [3.05, 3.63) is 53.6 Å². The number of rotatable bonds is 6. The topological polar surface area (TPSA) is 117 Å². The van der Waals surface area contributed by atoms with Gasteiger partial charge in [0.15, 0.2) is 11.5 Å². The first-order valence-corrected chi connectivity index (χ1v) is 11.3. The predicted molar refractivity (Wildman–Crippen MR) is 127 cm³/mol. The van der Waals surface area contributed by atoms with Gasteiger partial charge in [-0.25, -0.2) is 0 Å². The molecule has 0 saturated carbocycles. The van der Waals surface area contributed by atoms with Crippen LogP contribution in [0.4, 0.5) is 5.69 Å². The lowest BCUT2D eigenvalue weighted by Crippen LogP contribution is -2.64. The molecule has 1 saturated heterocycles. The minimum absolute atomic E-state index is 0.0692. The summed E-state index contributed by atoms with van der Waals surface area (Å²) in [6.45, 7) is 5.19. The number of hydrogen-bond donors (Lipinski definition) is 2. The van der Waals surface area contributed by atoms with Gasteiger partial charge >= 0.3 is 0 Å². The zero-order valence-electron chi connectivity index (χ0n) is 20.1. The van der Waals surface area contributed by atoms with Crippen molar-refractivity contribution >= 4 is 29.3 Å². The van der Waals surface area contributed by atoms with Gasteiger partial charge in [0.05, 0.1) is 24.5 Å². The minimum atomic E-state index is -0.969. The molecule has 0 aliphatic carbocycles. The van der Waals surface area contributed by atoms with Gasteiger partial charge in [-0.05, 0) is 57.5 Å². The van der Waals surface area contributed by atoms with Gasteiger partial charge in [0, 0.05) is 12.0 Å². The van der Waals surface area contributed by atoms with E-state index in [9.17, 15) is 19.2 Å². The van der Waals surface area contributed by atoms with E-state index in [0.717, 1.165) is 0 Å². The Balaban J connectivity index is 1.46. The molecule has 4 amide bonds. The Labute approximate surface area is 203 Å². The number of nitrogens with one attached hydrogen (secondary N) is 2. The Hall–Kier alpha value is -4.08. The van der Waals surface area contributed by atoms with Crippen LogP contribution in [0.1, 0.15) is 54.3 Å². The molecule has 4 rings (SSSR count). The number of amides is 4. The summed E-state index contributed by atoms with van der Waals surface area (Å²) in [6, 6.07) is 11.5. The number of hydrogen-bond acceptors (Lipinski definition) is 6. The number of fused-ring (bicyclic) bond motifs is 3. The first kappa shape index (κ1) is 24.1. The summed E-state index contributed by atoms with van der Waals surface area (Å²) < 4.78 is 10.9. The Morgan fingerprint density at radius 3 is 2.54 bits per heavy atom. The molecule has 10 nitrogen and oxygen atoms in total. The van der Waals surface area contributed by atoms with Crippen molar-refractivity contribution < 1.29 is 28.7 Å². The summed E-state index contributed by atoms with van der Waals surface area (Å²) in [6.07, 6.45) is 0.599. The van der Waals surface area contributed by atoms with E-state index in [-0.39, 0.29) is 36.4 Å². The molecule has 1 fully saturated rings. The molecule has 1 unspecified atom stereocenters. The highest BCUT2D eigenvalue weighted by Gasteiger charge is 2.53. The molecule has 2 aliphatic heterocycles. The highest BCUT2D eigenvalue weighted by molar-refractivity contribution is 6.11. The van der Waals surface area contributed by atoms with Crippen LogP contribution >= 0.6 is 0 Å². The van der Waals surface area contributed by atoms with Crippen LogP contribution in [0.3, 0.4) is 0 Å². The Kier molecular flexibility index (Phi) is 6.38. The Bertz CT molecular complexity index is 1200. The Morgan fingerprint density at radius 1 is 1.09 bits per heavy atom. The van der Waals surface area contributed by atoms with Crippen molar-refractivity contribution in [3.63, 3.8) is 0 Å². The van der Waals surface area contributed by atoms with Crippen LogP contribution in [0.25, 0.3) is 0 Å². The molecule has 0 spiro atoms. The average Bonchev–Trinajstić information content (AvgIpc) is 3.15. The fourth-order valence-electron chi connectivity index (χ4n) is 4.48. The van der Waals surface area contributed by atoms with E-state index in [2.05, 4.69) is 10.9 Å². The standard InChI is InChI=1S/C25H28N4O6/c1-15(2)35-19-10-9-16(13-20(19)34-4)23(32)27-26-21(30)14-28-24(33)17-7-5-6-8-18(17)29-22(31)11-12-25(28,29)3/h5-10,13,15H,11-12,14H2,1-4H3,(H,26,30)(H,27,32). The van der Waals surface area contributed by atoms with Crippen molar-refractivity contribution in [3.8, 4) is 11.5 Å². The van der Waals surface area contributed by atoms with Gasteiger partial charge in [0.25, 0.3) is 17.7 Å². The van der Waals surface area contributed by atoms with Gasteiger partial charge in [0.1, 0.15) is 12.2 Å². The minimum Gasteiger partial charge on any atom is -0.493 e. The van der Waals surface area contributed by atoms with Gasteiger partial charge in [-0.2, -0.15) is 0 Å². The van der Waals surface area contributed by atoms with Crippen LogP contribution in [0.2, 0.25) is 0 Å². The number of anilines is 1. The third-order valence-electron chi connectivity index (χ3n) is 6.15. The molecule has 2 aromatic rings. The van der Waals surface area contributed by atoms with Crippen molar-refractivity contribution in [1.29, 1.82) is 0 Å². The number of benzene rings is 2. The van der Waals surface area contributed by atoms with E-state index in [1.54, 1.807) is 48.2 Å². The van der Waals surface area contributed by atoms with Gasteiger partial charge < -0.3 is 14.4 Å². The lowest BCUT2D eigenvalue weighted by atomic mass is 9.98. The predicted octanol–water partition coefficient (Wildman–Crippen LogP) is 2.24. The second-order valence-electron chi connectivity index (χ2n) is 8.89. The van der Waals surface area contributed by atoms with E-state index in [1.165, 1.54) is 18.1 Å². The van der Waals surface area contributed by atoms with E-state index in [0.29, 0.717) is 29.2 Å². The summed E-state index contributed by atoms with van der Waals surface area (Å²) in [4.78, 5) is 54.2. The molecule has 2 aromatic carbocycles. The van der Waals surface area contributed by atoms with Crippen LogP contribution < -0.4 is 25.2 Å². The molecule has 10 heteroatoms. The maximum Gasteiger partial charge on any atom is 0.269 e. The van der Waals surface area contributed by atoms with Crippen molar-refractivity contribution in [1.82, 2.24) is 15.8 Å². The molecule has 0 bridgehead atoms. The summed E-state index contributed by atoms with van der Waals surface area (Å²) >= 11 is 0. The number of para-hydroxylation sites is 1. The van der Waals surface area contributed by atoms with Gasteiger partial charge in [-0.3, -0.25) is 34.9 Å². The molecule has 2 heterocycles. The van der Waals surface area contributed by atoms with Gasteiger partial charge in [-0.15, -0.1) is 0 Å². The zero-order chi connectivity index (χ0) is 25.3. The lowest BCUT2D eigenvalue weighted by molar-refractivity contribution is -0.124. The maximum absolute atomic E-state index is 13.2. The fraction of sp³-hybridized carbons (Fsp3) is 0.360. The van der Waals surface area contributed by atoms with Crippen LogP contribution in [0.15, 0.2) is 42.5 Å². The molecule has 1 atom stereocenters.